The zero-order chi connectivity index (χ0) is 17.3. The number of piperidine rings is 1. The number of carbonyl (C=O) groups excluding carboxylic acids is 1. The van der Waals surface area contributed by atoms with Gasteiger partial charge in [-0.3, -0.25) is 14.4 Å². The number of rotatable bonds is 6. The maximum Gasteiger partial charge on any atom is 0.224 e. The van der Waals surface area contributed by atoms with Gasteiger partial charge in [0.1, 0.15) is 0 Å². The SMILES string of the molecule is CCCCN1CCn2nc(CNC(=O)[C@H]3CC34CCNCC4)cc2C1. The summed E-state index contributed by atoms with van der Waals surface area (Å²) in [5.41, 5.74) is 2.59. The van der Waals surface area contributed by atoms with Gasteiger partial charge in [-0.25, -0.2) is 0 Å². The van der Waals surface area contributed by atoms with Crippen LogP contribution in [0.1, 0.15) is 50.4 Å². The van der Waals surface area contributed by atoms with Crippen molar-refractivity contribution in [2.75, 3.05) is 26.2 Å². The minimum absolute atomic E-state index is 0.233. The highest BCUT2D eigenvalue weighted by atomic mass is 16.2. The fourth-order valence-electron chi connectivity index (χ4n) is 4.54. The van der Waals surface area contributed by atoms with Crippen molar-refractivity contribution in [2.45, 2.75) is 58.7 Å². The number of aromatic nitrogens is 2. The Morgan fingerprint density at radius 1 is 1.40 bits per heavy atom. The molecule has 1 spiro atoms. The first kappa shape index (κ1) is 17.0. The van der Waals surface area contributed by atoms with Gasteiger partial charge in [0, 0.05) is 19.0 Å². The summed E-state index contributed by atoms with van der Waals surface area (Å²) in [6, 6.07) is 2.17. The number of carbonyl (C=O) groups is 1. The normalized spacial score (nSPS) is 24.9. The zero-order valence-corrected chi connectivity index (χ0v) is 15.4. The van der Waals surface area contributed by atoms with Gasteiger partial charge < -0.3 is 10.6 Å². The van der Waals surface area contributed by atoms with Crippen LogP contribution in [-0.2, 0) is 24.4 Å². The number of nitrogens with zero attached hydrogens (tertiary/aromatic N) is 3. The highest BCUT2D eigenvalue weighted by molar-refractivity contribution is 5.82. The fraction of sp³-hybridized carbons (Fsp3) is 0.789. The molecule has 25 heavy (non-hydrogen) atoms. The van der Waals surface area contributed by atoms with E-state index in [9.17, 15) is 4.79 Å². The lowest BCUT2D eigenvalue weighted by Gasteiger charge is -2.27. The van der Waals surface area contributed by atoms with E-state index >= 15 is 0 Å². The largest absolute Gasteiger partial charge is 0.350 e. The van der Waals surface area contributed by atoms with Crippen molar-refractivity contribution in [1.82, 2.24) is 25.3 Å². The number of fused-ring (bicyclic) bond motifs is 1. The maximum atomic E-state index is 12.5. The molecule has 0 bridgehead atoms. The lowest BCUT2D eigenvalue weighted by atomic mass is 9.92. The monoisotopic (exact) mass is 345 g/mol. The lowest BCUT2D eigenvalue weighted by Crippen LogP contribution is -2.34. The first-order valence-corrected chi connectivity index (χ1v) is 9.96. The van der Waals surface area contributed by atoms with Crippen LogP contribution in [0.3, 0.4) is 0 Å². The molecular formula is C19H31N5O. The van der Waals surface area contributed by atoms with E-state index < -0.39 is 0 Å². The topological polar surface area (TPSA) is 62.2 Å². The third-order valence-corrected chi connectivity index (χ3v) is 6.30. The third-order valence-electron chi connectivity index (χ3n) is 6.30. The first-order valence-electron chi connectivity index (χ1n) is 9.96. The van der Waals surface area contributed by atoms with Gasteiger partial charge in [-0.05, 0) is 56.8 Å². The highest BCUT2D eigenvalue weighted by Gasteiger charge is 2.57. The second-order valence-corrected chi connectivity index (χ2v) is 8.07. The predicted octanol–water partition coefficient (Wildman–Crippen LogP) is 1.50. The Hall–Kier alpha value is -1.40. The van der Waals surface area contributed by atoms with Crippen LogP contribution < -0.4 is 10.6 Å². The Morgan fingerprint density at radius 3 is 3.04 bits per heavy atom. The van der Waals surface area contributed by atoms with E-state index in [0.29, 0.717) is 12.0 Å². The standard InChI is InChI=1S/C19H31N5O/c1-2-3-8-23-9-10-24-16(14-23)11-15(22-24)13-21-18(25)17-12-19(17)4-6-20-7-5-19/h11,17,20H,2-10,12-14H2,1H3,(H,21,25)/t17-/m1/s1. The van der Waals surface area contributed by atoms with Crippen molar-refractivity contribution in [3.63, 3.8) is 0 Å². The summed E-state index contributed by atoms with van der Waals surface area (Å²) < 4.78 is 2.12. The van der Waals surface area contributed by atoms with Gasteiger partial charge in [0.2, 0.25) is 5.91 Å². The Kier molecular flexibility index (Phi) is 4.82. The quantitative estimate of drug-likeness (QED) is 0.820. The molecule has 0 aromatic carbocycles. The molecule has 1 amide bonds. The van der Waals surface area contributed by atoms with E-state index in [-0.39, 0.29) is 11.8 Å². The summed E-state index contributed by atoms with van der Waals surface area (Å²) >= 11 is 0. The van der Waals surface area contributed by atoms with Crippen LogP contribution in [0.15, 0.2) is 6.07 Å². The highest BCUT2D eigenvalue weighted by Crippen LogP contribution is 2.58. The molecule has 3 heterocycles. The van der Waals surface area contributed by atoms with Crippen LogP contribution in [0, 0.1) is 11.3 Å². The summed E-state index contributed by atoms with van der Waals surface area (Å²) in [6.45, 7) is 9.14. The molecule has 1 saturated carbocycles. The van der Waals surface area contributed by atoms with Gasteiger partial charge >= 0.3 is 0 Å². The molecule has 1 saturated heterocycles. The van der Waals surface area contributed by atoms with Crippen molar-refractivity contribution in [1.29, 1.82) is 0 Å². The van der Waals surface area contributed by atoms with Crippen molar-refractivity contribution in [2.24, 2.45) is 11.3 Å². The lowest BCUT2D eigenvalue weighted by molar-refractivity contribution is -0.123. The first-order chi connectivity index (χ1) is 12.2. The minimum atomic E-state index is 0.233. The number of hydrogen-bond donors (Lipinski definition) is 2. The van der Waals surface area contributed by atoms with E-state index in [1.54, 1.807) is 0 Å². The van der Waals surface area contributed by atoms with Gasteiger partial charge in [0.05, 0.1) is 24.5 Å². The van der Waals surface area contributed by atoms with Gasteiger partial charge in [-0.15, -0.1) is 0 Å². The molecule has 6 heteroatoms. The second-order valence-electron chi connectivity index (χ2n) is 8.07. The Balaban J connectivity index is 1.28. The molecule has 0 unspecified atom stereocenters. The molecule has 2 aliphatic heterocycles. The molecule has 1 atom stereocenters. The average molecular weight is 345 g/mol. The molecule has 3 aliphatic rings. The van der Waals surface area contributed by atoms with E-state index in [4.69, 9.17) is 0 Å². The summed E-state index contributed by atoms with van der Waals surface area (Å²) in [6.07, 6.45) is 5.88. The number of nitrogens with one attached hydrogen (secondary N) is 2. The van der Waals surface area contributed by atoms with Crippen molar-refractivity contribution in [3.05, 3.63) is 17.5 Å². The minimum Gasteiger partial charge on any atom is -0.350 e. The van der Waals surface area contributed by atoms with Gasteiger partial charge in [-0.1, -0.05) is 13.3 Å². The summed E-state index contributed by atoms with van der Waals surface area (Å²) in [4.78, 5) is 15.0. The molecule has 4 rings (SSSR count). The number of unbranched alkanes of at least 4 members (excludes halogenated alkanes) is 1. The fourth-order valence-corrected chi connectivity index (χ4v) is 4.54. The molecule has 0 radical (unpaired) electrons. The molecular weight excluding hydrogens is 314 g/mol. The van der Waals surface area contributed by atoms with E-state index in [2.05, 4.69) is 38.3 Å². The van der Waals surface area contributed by atoms with E-state index in [1.807, 2.05) is 0 Å². The Labute approximate surface area is 150 Å². The van der Waals surface area contributed by atoms with Crippen molar-refractivity contribution in [3.8, 4) is 0 Å². The van der Waals surface area contributed by atoms with Crippen LogP contribution in [-0.4, -0.2) is 46.8 Å². The number of hydrogen-bond acceptors (Lipinski definition) is 4. The smallest absolute Gasteiger partial charge is 0.224 e. The summed E-state index contributed by atoms with van der Waals surface area (Å²) in [5, 5.41) is 11.2. The molecule has 6 nitrogen and oxygen atoms in total. The van der Waals surface area contributed by atoms with E-state index in [0.717, 1.165) is 57.7 Å². The second kappa shape index (κ2) is 7.08. The van der Waals surface area contributed by atoms with Crippen molar-refractivity contribution < 1.29 is 4.79 Å². The Morgan fingerprint density at radius 2 is 2.24 bits per heavy atom. The van der Waals surface area contributed by atoms with Crippen LogP contribution in [0.5, 0.6) is 0 Å². The molecule has 1 aromatic rings. The van der Waals surface area contributed by atoms with Crippen LogP contribution >= 0.6 is 0 Å². The van der Waals surface area contributed by atoms with E-state index in [1.165, 1.54) is 25.1 Å². The maximum absolute atomic E-state index is 12.5. The molecule has 1 aromatic heterocycles. The molecule has 2 N–H and O–H groups in total. The van der Waals surface area contributed by atoms with Crippen LogP contribution in [0.2, 0.25) is 0 Å². The zero-order valence-electron chi connectivity index (χ0n) is 15.4. The number of amides is 1. The van der Waals surface area contributed by atoms with Gasteiger partial charge in [0.25, 0.3) is 0 Å². The third kappa shape index (κ3) is 3.60. The summed E-state index contributed by atoms with van der Waals surface area (Å²) in [7, 11) is 0. The van der Waals surface area contributed by atoms with Crippen LogP contribution in [0.4, 0.5) is 0 Å². The molecule has 138 valence electrons. The molecule has 2 fully saturated rings. The Bertz CT molecular complexity index is 619. The van der Waals surface area contributed by atoms with Gasteiger partial charge in [-0.2, -0.15) is 5.10 Å². The van der Waals surface area contributed by atoms with Crippen molar-refractivity contribution >= 4 is 5.91 Å². The molecule has 1 aliphatic carbocycles. The van der Waals surface area contributed by atoms with Gasteiger partial charge in [0.15, 0.2) is 0 Å². The predicted molar refractivity (Wildman–Crippen MR) is 96.9 cm³/mol. The summed E-state index contributed by atoms with van der Waals surface area (Å²) in [5.74, 6) is 0.466. The van der Waals surface area contributed by atoms with Crippen LogP contribution in [0.25, 0.3) is 0 Å². The average Bonchev–Trinajstić information content (AvgIpc) is 3.15.